The van der Waals surface area contributed by atoms with Gasteiger partial charge >= 0.3 is 0 Å². The molecule has 2 amide bonds. The fourth-order valence-corrected chi connectivity index (χ4v) is 2.76. The molecule has 2 aromatic rings. The Hall–Kier alpha value is -2.37. The van der Waals surface area contributed by atoms with E-state index in [2.05, 4.69) is 5.32 Å². The van der Waals surface area contributed by atoms with Crippen molar-refractivity contribution in [2.24, 2.45) is 0 Å². The Morgan fingerprint density at radius 1 is 1.12 bits per heavy atom. The molecule has 0 radical (unpaired) electrons. The highest BCUT2D eigenvalue weighted by molar-refractivity contribution is 6.30. The van der Waals surface area contributed by atoms with Crippen LogP contribution in [-0.2, 0) is 16.1 Å². The number of hydrogen-bond donors (Lipinski definition) is 1. The van der Waals surface area contributed by atoms with Crippen molar-refractivity contribution in [1.29, 1.82) is 0 Å². The minimum Gasteiger partial charge on any atom is -0.497 e. The molecule has 0 unspecified atom stereocenters. The van der Waals surface area contributed by atoms with Crippen molar-refractivity contribution < 1.29 is 14.3 Å². The van der Waals surface area contributed by atoms with E-state index in [9.17, 15) is 9.59 Å². The van der Waals surface area contributed by atoms with E-state index in [1.807, 2.05) is 24.3 Å². The first-order valence-corrected chi connectivity index (χ1v) is 7.95. The average molecular weight is 345 g/mol. The van der Waals surface area contributed by atoms with Gasteiger partial charge in [-0.15, -0.1) is 0 Å². The second-order valence-electron chi connectivity index (χ2n) is 5.53. The van der Waals surface area contributed by atoms with E-state index in [4.69, 9.17) is 16.3 Å². The lowest BCUT2D eigenvalue weighted by Gasteiger charge is -2.15. The number of benzene rings is 2. The fourth-order valence-electron chi connectivity index (χ4n) is 2.64. The van der Waals surface area contributed by atoms with Crippen LogP contribution in [0.4, 0.5) is 5.69 Å². The molecule has 6 heteroatoms. The molecule has 1 atom stereocenters. The highest BCUT2D eigenvalue weighted by Gasteiger charge is 2.39. The maximum atomic E-state index is 12.5. The van der Waals surface area contributed by atoms with Gasteiger partial charge in [-0.25, -0.2) is 4.90 Å². The van der Waals surface area contributed by atoms with Gasteiger partial charge in [-0.2, -0.15) is 0 Å². The second kappa shape index (κ2) is 7.03. The van der Waals surface area contributed by atoms with Gasteiger partial charge in [-0.3, -0.25) is 9.59 Å². The number of carbonyl (C=O) groups is 2. The molecule has 0 spiro atoms. The first kappa shape index (κ1) is 16.5. The highest BCUT2D eigenvalue weighted by Crippen LogP contribution is 2.24. The monoisotopic (exact) mass is 344 g/mol. The summed E-state index contributed by atoms with van der Waals surface area (Å²) in [6.45, 7) is 0.502. The van der Waals surface area contributed by atoms with Gasteiger partial charge in [0.25, 0.3) is 5.91 Å². The molecular formula is C18H17ClN2O3. The Morgan fingerprint density at radius 3 is 2.42 bits per heavy atom. The van der Waals surface area contributed by atoms with Crippen molar-refractivity contribution in [1.82, 2.24) is 5.32 Å². The smallest absolute Gasteiger partial charge is 0.251 e. The Morgan fingerprint density at radius 2 is 1.79 bits per heavy atom. The molecular weight excluding hydrogens is 328 g/mol. The van der Waals surface area contributed by atoms with E-state index in [0.29, 0.717) is 17.3 Å². The number of hydrogen-bond acceptors (Lipinski definition) is 4. The van der Waals surface area contributed by atoms with Crippen molar-refractivity contribution in [3.63, 3.8) is 0 Å². The zero-order chi connectivity index (χ0) is 17.1. The van der Waals surface area contributed by atoms with Gasteiger partial charge in [-0.1, -0.05) is 23.7 Å². The topological polar surface area (TPSA) is 58.6 Å². The lowest BCUT2D eigenvalue weighted by molar-refractivity contribution is -0.121. The predicted molar refractivity (Wildman–Crippen MR) is 92.2 cm³/mol. The summed E-state index contributed by atoms with van der Waals surface area (Å²) in [4.78, 5) is 25.9. The third-order valence-corrected chi connectivity index (χ3v) is 4.20. The summed E-state index contributed by atoms with van der Waals surface area (Å²) < 4.78 is 5.11. The van der Waals surface area contributed by atoms with E-state index in [-0.39, 0.29) is 18.2 Å². The molecule has 0 aromatic heterocycles. The minimum atomic E-state index is -0.518. The summed E-state index contributed by atoms with van der Waals surface area (Å²) in [6.07, 6.45) is 0.150. The number of halogens is 1. The van der Waals surface area contributed by atoms with Gasteiger partial charge in [-0.05, 0) is 42.0 Å². The van der Waals surface area contributed by atoms with Crippen LogP contribution in [0.2, 0.25) is 5.02 Å². The lowest BCUT2D eigenvalue weighted by Crippen LogP contribution is -2.38. The molecule has 1 aliphatic heterocycles. The van der Waals surface area contributed by atoms with Crippen molar-refractivity contribution in [3.8, 4) is 5.75 Å². The number of ether oxygens (including phenoxy) is 1. The van der Waals surface area contributed by atoms with Gasteiger partial charge in [0.2, 0.25) is 5.91 Å². The van der Waals surface area contributed by atoms with Gasteiger partial charge in [0, 0.05) is 11.6 Å². The van der Waals surface area contributed by atoms with Crippen molar-refractivity contribution in [2.75, 3.05) is 12.0 Å². The van der Waals surface area contributed by atoms with Crippen LogP contribution in [0.25, 0.3) is 0 Å². The van der Waals surface area contributed by atoms with Crippen LogP contribution in [0.15, 0.2) is 48.5 Å². The Bertz CT molecular complexity index is 744. The molecule has 0 saturated carbocycles. The van der Waals surface area contributed by atoms with Crippen LogP contribution in [0, 0.1) is 0 Å². The SMILES string of the molecule is COc1ccc(CN[C@@H]2CC(=O)N(c3ccc(Cl)cc3)C2=O)cc1. The van der Waals surface area contributed by atoms with Crippen LogP contribution in [0.3, 0.4) is 0 Å². The summed E-state index contributed by atoms with van der Waals surface area (Å²) in [7, 11) is 1.61. The van der Waals surface area contributed by atoms with Crippen LogP contribution in [0.5, 0.6) is 5.75 Å². The zero-order valence-corrected chi connectivity index (χ0v) is 13.9. The van der Waals surface area contributed by atoms with Gasteiger partial charge in [0.15, 0.2) is 0 Å². The molecule has 2 aromatic carbocycles. The third-order valence-electron chi connectivity index (χ3n) is 3.94. The fraction of sp³-hybridized carbons (Fsp3) is 0.222. The van der Waals surface area contributed by atoms with Gasteiger partial charge < -0.3 is 10.1 Å². The van der Waals surface area contributed by atoms with Crippen LogP contribution >= 0.6 is 11.6 Å². The third kappa shape index (κ3) is 3.42. The molecule has 0 bridgehead atoms. The van der Waals surface area contributed by atoms with Crippen molar-refractivity contribution >= 4 is 29.1 Å². The first-order chi connectivity index (χ1) is 11.6. The summed E-state index contributed by atoms with van der Waals surface area (Å²) in [5, 5.41) is 3.71. The average Bonchev–Trinajstić information content (AvgIpc) is 2.88. The first-order valence-electron chi connectivity index (χ1n) is 7.57. The van der Waals surface area contributed by atoms with Crippen LogP contribution < -0.4 is 15.0 Å². The molecule has 1 fully saturated rings. The van der Waals surface area contributed by atoms with Crippen LogP contribution in [-0.4, -0.2) is 25.0 Å². The van der Waals surface area contributed by atoms with Crippen molar-refractivity contribution in [3.05, 3.63) is 59.1 Å². The summed E-state index contributed by atoms with van der Waals surface area (Å²) in [6, 6.07) is 13.7. The molecule has 1 aliphatic rings. The van der Waals surface area contributed by atoms with Crippen LogP contribution in [0.1, 0.15) is 12.0 Å². The van der Waals surface area contributed by atoms with E-state index in [1.54, 1.807) is 31.4 Å². The van der Waals surface area contributed by atoms with Gasteiger partial charge in [0.05, 0.1) is 25.3 Å². The molecule has 1 saturated heterocycles. The largest absolute Gasteiger partial charge is 0.497 e. The number of rotatable bonds is 5. The van der Waals surface area contributed by atoms with E-state index >= 15 is 0 Å². The molecule has 1 heterocycles. The molecule has 0 aliphatic carbocycles. The molecule has 124 valence electrons. The minimum absolute atomic E-state index is 0.150. The van der Waals surface area contributed by atoms with Gasteiger partial charge in [0.1, 0.15) is 5.75 Å². The second-order valence-corrected chi connectivity index (χ2v) is 5.97. The molecule has 24 heavy (non-hydrogen) atoms. The normalized spacial score (nSPS) is 17.4. The highest BCUT2D eigenvalue weighted by atomic mass is 35.5. The number of anilines is 1. The Balaban J connectivity index is 1.66. The summed E-state index contributed by atoms with van der Waals surface area (Å²) in [5.74, 6) is 0.324. The number of carbonyl (C=O) groups excluding carboxylic acids is 2. The molecule has 5 nitrogen and oxygen atoms in total. The lowest BCUT2D eigenvalue weighted by atomic mass is 10.2. The predicted octanol–water partition coefficient (Wildman–Crippen LogP) is 2.77. The number of imide groups is 1. The Kier molecular flexibility index (Phi) is 4.83. The molecule has 3 rings (SSSR count). The number of methoxy groups -OCH3 is 1. The van der Waals surface area contributed by atoms with E-state index in [1.165, 1.54) is 4.90 Å². The maximum absolute atomic E-state index is 12.5. The quantitative estimate of drug-likeness (QED) is 0.847. The van der Waals surface area contributed by atoms with E-state index in [0.717, 1.165) is 11.3 Å². The van der Waals surface area contributed by atoms with E-state index < -0.39 is 6.04 Å². The summed E-state index contributed by atoms with van der Waals surface area (Å²) in [5.41, 5.74) is 1.56. The Labute approximate surface area is 145 Å². The van der Waals surface area contributed by atoms with Crippen molar-refractivity contribution in [2.45, 2.75) is 19.0 Å². The molecule has 1 N–H and O–H groups in total. The number of nitrogens with one attached hydrogen (secondary N) is 1. The standard InChI is InChI=1S/C18H17ClN2O3/c1-24-15-8-2-12(3-9-15)11-20-16-10-17(22)21(18(16)23)14-6-4-13(19)5-7-14/h2-9,16,20H,10-11H2,1H3/t16-/m1/s1. The number of amides is 2. The number of nitrogens with zero attached hydrogens (tertiary/aromatic N) is 1. The zero-order valence-electron chi connectivity index (χ0n) is 13.2. The maximum Gasteiger partial charge on any atom is 0.251 e. The summed E-state index contributed by atoms with van der Waals surface area (Å²) >= 11 is 5.85.